The number of nitriles is 1. The van der Waals surface area contributed by atoms with Crippen molar-refractivity contribution in [2.24, 2.45) is 11.3 Å². The van der Waals surface area contributed by atoms with Crippen molar-refractivity contribution in [2.75, 3.05) is 0 Å². The first kappa shape index (κ1) is 10.2. The number of carbonyl (C=O) groups excluding carboxylic acids is 1. The zero-order valence-electron chi connectivity index (χ0n) is 9.33. The normalized spacial score (nSPS) is 40.0. The van der Waals surface area contributed by atoms with Crippen molar-refractivity contribution in [3.8, 4) is 6.07 Å². The summed E-state index contributed by atoms with van der Waals surface area (Å²) in [4.78, 5) is 11.7. The Morgan fingerprint density at radius 3 is 2.80 bits per heavy atom. The van der Waals surface area contributed by atoms with Crippen molar-refractivity contribution in [3.63, 3.8) is 0 Å². The highest BCUT2D eigenvalue weighted by Gasteiger charge is 2.60. The van der Waals surface area contributed by atoms with Gasteiger partial charge in [0, 0.05) is 17.4 Å². The topological polar surface area (TPSA) is 50.1 Å². The largest absolute Gasteiger partial charge is 0.455 e. The summed E-state index contributed by atoms with van der Waals surface area (Å²) >= 11 is 0. The number of ether oxygens (including phenoxy) is 1. The highest BCUT2D eigenvalue weighted by molar-refractivity contribution is 5.91. The molecule has 0 spiro atoms. The fourth-order valence-electron chi connectivity index (χ4n) is 2.83. The van der Waals surface area contributed by atoms with E-state index in [4.69, 9.17) is 10.00 Å². The number of esters is 1. The van der Waals surface area contributed by atoms with E-state index in [1.54, 1.807) is 0 Å². The lowest BCUT2D eigenvalue weighted by Crippen LogP contribution is -2.49. The van der Waals surface area contributed by atoms with Crippen LogP contribution in [0.1, 0.15) is 33.6 Å². The van der Waals surface area contributed by atoms with Gasteiger partial charge in [0.05, 0.1) is 11.6 Å². The number of hydrogen-bond acceptors (Lipinski definition) is 3. The molecule has 15 heavy (non-hydrogen) atoms. The molecule has 1 heterocycles. The van der Waals surface area contributed by atoms with Crippen LogP contribution in [0.2, 0.25) is 0 Å². The zero-order chi connectivity index (χ0) is 11.3. The third-order valence-electron chi connectivity index (χ3n) is 4.29. The molecular weight excluding hydrogens is 190 g/mol. The predicted molar refractivity (Wildman–Crippen MR) is 54.7 cm³/mol. The van der Waals surface area contributed by atoms with Crippen LogP contribution < -0.4 is 0 Å². The molecule has 80 valence electrons. The molecule has 2 bridgehead atoms. The van der Waals surface area contributed by atoms with E-state index < -0.39 is 0 Å². The summed E-state index contributed by atoms with van der Waals surface area (Å²) in [6, 6.07) is 1.94. The number of nitrogens with zero attached hydrogens (tertiary/aromatic N) is 1. The van der Waals surface area contributed by atoms with Crippen molar-refractivity contribution in [1.82, 2.24) is 0 Å². The molecule has 2 rings (SSSR count). The van der Waals surface area contributed by atoms with E-state index in [1.165, 1.54) is 6.08 Å². The minimum absolute atomic E-state index is 0.0659. The van der Waals surface area contributed by atoms with Crippen LogP contribution >= 0.6 is 0 Å². The van der Waals surface area contributed by atoms with E-state index in [2.05, 4.69) is 13.8 Å². The van der Waals surface area contributed by atoms with Crippen LogP contribution in [-0.2, 0) is 9.53 Å². The summed E-state index contributed by atoms with van der Waals surface area (Å²) in [5.41, 5.74) is 0.128. The molecule has 1 saturated heterocycles. The van der Waals surface area contributed by atoms with Crippen LogP contribution in [0.5, 0.6) is 0 Å². The van der Waals surface area contributed by atoms with Gasteiger partial charge in [0.15, 0.2) is 0 Å². The Morgan fingerprint density at radius 1 is 1.53 bits per heavy atom. The summed E-state index contributed by atoms with van der Waals surface area (Å²) in [5, 5.41) is 8.66. The lowest BCUT2D eigenvalue weighted by Gasteiger charge is -2.45. The van der Waals surface area contributed by atoms with Crippen molar-refractivity contribution in [1.29, 1.82) is 5.26 Å². The molecule has 1 aliphatic heterocycles. The average Bonchev–Trinajstić information content (AvgIpc) is 2.30. The molecule has 0 aromatic rings. The Kier molecular flexibility index (Phi) is 1.94. The first-order valence-corrected chi connectivity index (χ1v) is 5.25. The van der Waals surface area contributed by atoms with Crippen molar-refractivity contribution < 1.29 is 9.53 Å². The van der Waals surface area contributed by atoms with Crippen LogP contribution in [0.25, 0.3) is 0 Å². The van der Waals surface area contributed by atoms with E-state index in [9.17, 15) is 4.79 Å². The second-order valence-electron chi connectivity index (χ2n) is 5.16. The molecule has 2 fully saturated rings. The lowest BCUT2D eigenvalue weighted by atomic mass is 9.68. The second kappa shape index (κ2) is 2.85. The highest BCUT2D eigenvalue weighted by atomic mass is 16.6. The molecule has 2 atom stereocenters. The first-order valence-electron chi connectivity index (χ1n) is 5.25. The summed E-state index contributed by atoms with van der Waals surface area (Å²) in [6.07, 6.45) is 3.17. The molecular formula is C12H15NO2. The van der Waals surface area contributed by atoms with Gasteiger partial charge in [-0.15, -0.1) is 0 Å². The fourth-order valence-corrected chi connectivity index (χ4v) is 2.83. The third-order valence-corrected chi connectivity index (χ3v) is 4.29. The van der Waals surface area contributed by atoms with E-state index in [0.717, 1.165) is 12.8 Å². The van der Waals surface area contributed by atoms with Gasteiger partial charge in [0.25, 0.3) is 0 Å². The summed E-state index contributed by atoms with van der Waals surface area (Å²) in [7, 11) is 0. The van der Waals surface area contributed by atoms with Gasteiger partial charge in [0.2, 0.25) is 0 Å². The van der Waals surface area contributed by atoms with Crippen LogP contribution in [-0.4, -0.2) is 11.6 Å². The molecule has 0 radical (unpaired) electrons. The first-order chi connectivity index (χ1) is 6.92. The van der Waals surface area contributed by atoms with Crippen LogP contribution in [0.4, 0.5) is 0 Å². The molecule has 2 aliphatic rings. The molecule has 0 N–H and O–H groups in total. The number of carbonyl (C=O) groups is 1. The van der Waals surface area contributed by atoms with Gasteiger partial charge >= 0.3 is 5.97 Å². The van der Waals surface area contributed by atoms with Gasteiger partial charge < -0.3 is 4.74 Å². The van der Waals surface area contributed by atoms with Crippen LogP contribution in [0.3, 0.4) is 0 Å². The average molecular weight is 205 g/mol. The zero-order valence-corrected chi connectivity index (χ0v) is 9.33. The maximum atomic E-state index is 11.7. The van der Waals surface area contributed by atoms with Crippen molar-refractivity contribution >= 4 is 5.97 Å². The van der Waals surface area contributed by atoms with Crippen molar-refractivity contribution in [2.45, 2.75) is 39.2 Å². The Bertz CT molecular complexity index is 389. The van der Waals surface area contributed by atoms with Gasteiger partial charge in [-0.3, -0.25) is 0 Å². The second-order valence-corrected chi connectivity index (χ2v) is 5.16. The number of hydrogen-bond donors (Lipinski definition) is 0. The van der Waals surface area contributed by atoms with E-state index in [-0.39, 0.29) is 22.9 Å². The number of fused-ring (bicyclic) bond motifs is 2. The monoisotopic (exact) mass is 205 g/mol. The maximum absolute atomic E-state index is 11.7. The molecule has 0 aromatic carbocycles. The van der Waals surface area contributed by atoms with Crippen LogP contribution in [0, 0.1) is 22.7 Å². The minimum atomic E-state index is -0.360. The molecule has 0 amide bonds. The third kappa shape index (κ3) is 1.14. The van der Waals surface area contributed by atoms with E-state index >= 15 is 0 Å². The van der Waals surface area contributed by atoms with Gasteiger partial charge in [-0.1, -0.05) is 13.8 Å². The van der Waals surface area contributed by atoms with E-state index in [1.807, 2.05) is 13.0 Å². The smallest absolute Gasteiger partial charge is 0.335 e. The Labute approximate surface area is 89.7 Å². The van der Waals surface area contributed by atoms with Gasteiger partial charge in [-0.05, 0) is 19.8 Å². The quantitative estimate of drug-likeness (QED) is 0.346. The van der Waals surface area contributed by atoms with Gasteiger partial charge in [-0.2, -0.15) is 5.26 Å². The minimum Gasteiger partial charge on any atom is -0.455 e. The molecule has 3 heteroatoms. The van der Waals surface area contributed by atoms with Crippen molar-refractivity contribution in [3.05, 3.63) is 11.6 Å². The molecule has 3 nitrogen and oxygen atoms in total. The lowest BCUT2D eigenvalue weighted by molar-refractivity contribution is -0.172. The number of allylic oxidation sites excluding steroid dienone is 1. The highest BCUT2D eigenvalue weighted by Crippen LogP contribution is 2.58. The molecule has 1 aliphatic carbocycles. The molecule has 0 unspecified atom stereocenters. The SMILES string of the molecule is CC1(C)[C@@H]2CC[C@@]1(C)OC(=O)/C2=C/C#N. The summed E-state index contributed by atoms with van der Waals surface area (Å²) < 4.78 is 5.49. The van der Waals surface area contributed by atoms with E-state index in [0.29, 0.717) is 5.57 Å². The Balaban J connectivity index is 2.49. The number of rotatable bonds is 0. The molecule has 1 saturated carbocycles. The standard InChI is InChI=1S/C12H15NO2/c1-11(2)9-4-6-12(11,3)15-10(14)8(9)5-7-13/h5,9H,4,6H2,1-3H3/b8-5+/t9-,12-/m1/s1. The summed E-state index contributed by atoms with van der Waals surface area (Å²) in [6.45, 7) is 6.22. The Morgan fingerprint density at radius 2 is 2.20 bits per heavy atom. The van der Waals surface area contributed by atoms with Gasteiger partial charge in [-0.25, -0.2) is 4.79 Å². The van der Waals surface area contributed by atoms with Crippen LogP contribution in [0.15, 0.2) is 11.6 Å². The predicted octanol–water partition coefficient (Wildman–Crippen LogP) is 2.19. The fraction of sp³-hybridized carbons (Fsp3) is 0.667. The Hall–Kier alpha value is -1.30. The molecule has 0 aromatic heterocycles. The van der Waals surface area contributed by atoms with Gasteiger partial charge in [0.1, 0.15) is 5.60 Å². The summed E-state index contributed by atoms with van der Waals surface area (Å²) in [5.74, 6) is -0.135. The maximum Gasteiger partial charge on any atom is 0.335 e.